The predicted molar refractivity (Wildman–Crippen MR) is 59.6 cm³/mol. The fourth-order valence-corrected chi connectivity index (χ4v) is 1.32. The van der Waals surface area contributed by atoms with Crippen molar-refractivity contribution < 1.29 is 19.7 Å². The molecule has 0 fully saturated rings. The maximum atomic E-state index is 11.1. The summed E-state index contributed by atoms with van der Waals surface area (Å²) in [6.07, 6.45) is 5.45. The highest BCUT2D eigenvalue weighted by molar-refractivity contribution is 5.86. The smallest absolute Gasteiger partial charge is 0.333 e. The lowest BCUT2D eigenvalue weighted by atomic mass is 9.89. The average molecular weight is 224 g/mol. The molecule has 0 bridgehead atoms. The number of aliphatic hydroxyl groups is 2. The minimum Gasteiger partial charge on any atom is -0.462 e. The number of hydrogen-bond donors (Lipinski definition) is 2. The van der Waals surface area contributed by atoms with Crippen LogP contribution in [0, 0.1) is 0 Å². The quantitative estimate of drug-likeness (QED) is 0.545. The molecule has 4 heteroatoms. The van der Waals surface area contributed by atoms with Crippen LogP contribution in [0.15, 0.2) is 36.5 Å². The normalized spacial score (nSPS) is 27.8. The number of aliphatic hydroxyl groups excluding tert-OH is 1. The molecule has 0 saturated heterocycles. The molecule has 0 spiro atoms. The summed E-state index contributed by atoms with van der Waals surface area (Å²) in [5, 5.41) is 19.5. The molecule has 0 saturated carbocycles. The second-order valence-electron chi connectivity index (χ2n) is 3.85. The minimum absolute atomic E-state index is 0.0391. The Bertz CT molecular complexity index is 343. The monoisotopic (exact) mass is 224 g/mol. The molecule has 1 aliphatic carbocycles. The second kappa shape index (κ2) is 5.09. The highest BCUT2D eigenvalue weighted by atomic mass is 16.5. The van der Waals surface area contributed by atoms with Crippen LogP contribution in [0.4, 0.5) is 0 Å². The van der Waals surface area contributed by atoms with Crippen LogP contribution in [-0.2, 0) is 9.53 Å². The predicted octanol–water partition coefficient (Wildman–Crippen LogP) is 0.714. The number of rotatable bonds is 4. The fourth-order valence-electron chi connectivity index (χ4n) is 1.32. The summed E-state index contributed by atoms with van der Waals surface area (Å²) in [6, 6.07) is 0. The summed E-state index contributed by atoms with van der Waals surface area (Å²) in [7, 11) is 0. The lowest BCUT2D eigenvalue weighted by molar-refractivity contribution is -0.140. The molecule has 0 aromatic heterocycles. The SMILES string of the molecule is C=C(C)C(=O)OCCC1(O)C=CC=CC1O. The van der Waals surface area contributed by atoms with Gasteiger partial charge < -0.3 is 14.9 Å². The van der Waals surface area contributed by atoms with Crippen LogP contribution < -0.4 is 0 Å². The summed E-state index contributed by atoms with van der Waals surface area (Å²) in [6.45, 7) is 5.03. The van der Waals surface area contributed by atoms with Gasteiger partial charge in [-0.15, -0.1) is 0 Å². The van der Waals surface area contributed by atoms with E-state index in [4.69, 9.17) is 4.74 Å². The maximum absolute atomic E-state index is 11.1. The van der Waals surface area contributed by atoms with E-state index in [0.29, 0.717) is 5.57 Å². The number of hydrogen-bond acceptors (Lipinski definition) is 4. The molecule has 2 unspecified atom stereocenters. The van der Waals surface area contributed by atoms with Gasteiger partial charge in [-0.25, -0.2) is 4.79 Å². The number of esters is 1. The van der Waals surface area contributed by atoms with Crippen molar-refractivity contribution in [2.75, 3.05) is 6.61 Å². The van der Waals surface area contributed by atoms with Crippen LogP contribution in [0.5, 0.6) is 0 Å². The molecule has 1 rings (SSSR count). The van der Waals surface area contributed by atoms with Gasteiger partial charge in [-0.3, -0.25) is 0 Å². The van der Waals surface area contributed by atoms with E-state index < -0.39 is 17.7 Å². The topological polar surface area (TPSA) is 66.8 Å². The Kier molecular flexibility index (Phi) is 4.04. The molecule has 4 nitrogen and oxygen atoms in total. The van der Waals surface area contributed by atoms with Gasteiger partial charge in [0, 0.05) is 12.0 Å². The van der Waals surface area contributed by atoms with E-state index in [1.54, 1.807) is 19.1 Å². The van der Waals surface area contributed by atoms with Crippen molar-refractivity contribution in [3.63, 3.8) is 0 Å². The van der Waals surface area contributed by atoms with E-state index in [1.165, 1.54) is 12.2 Å². The van der Waals surface area contributed by atoms with Gasteiger partial charge in [0.2, 0.25) is 0 Å². The van der Waals surface area contributed by atoms with Crippen molar-refractivity contribution in [2.24, 2.45) is 0 Å². The van der Waals surface area contributed by atoms with Crippen molar-refractivity contribution in [2.45, 2.75) is 25.0 Å². The first kappa shape index (κ1) is 12.7. The Morgan fingerprint density at radius 2 is 2.25 bits per heavy atom. The maximum Gasteiger partial charge on any atom is 0.333 e. The van der Waals surface area contributed by atoms with Crippen LogP contribution in [0.25, 0.3) is 0 Å². The molecule has 88 valence electrons. The number of allylic oxidation sites excluding steroid dienone is 2. The van der Waals surface area contributed by atoms with Gasteiger partial charge in [0.05, 0.1) is 6.61 Å². The molecule has 0 aliphatic heterocycles. The number of carbonyl (C=O) groups is 1. The van der Waals surface area contributed by atoms with E-state index in [2.05, 4.69) is 6.58 Å². The lowest BCUT2D eigenvalue weighted by Gasteiger charge is -2.29. The first-order valence-electron chi connectivity index (χ1n) is 5.05. The Labute approximate surface area is 94.5 Å². The van der Waals surface area contributed by atoms with Crippen LogP contribution in [0.3, 0.4) is 0 Å². The summed E-state index contributed by atoms with van der Waals surface area (Å²) in [5.74, 6) is -0.492. The van der Waals surface area contributed by atoms with Gasteiger partial charge in [-0.1, -0.05) is 30.9 Å². The second-order valence-corrected chi connectivity index (χ2v) is 3.85. The van der Waals surface area contributed by atoms with Gasteiger partial charge in [0.1, 0.15) is 11.7 Å². The molecule has 1 aliphatic rings. The van der Waals surface area contributed by atoms with E-state index in [-0.39, 0.29) is 13.0 Å². The largest absolute Gasteiger partial charge is 0.462 e. The molecule has 0 aromatic carbocycles. The van der Waals surface area contributed by atoms with Crippen LogP contribution in [0.1, 0.15) is 13.3 Å². The van der Waals surface area contributed by atoms with Crippen molar-refractivity contribution in [3.8, 4) is 0 Å². The fraction of sp³-hybridized carbons (Fsp3) is 0.417. The summed E-state index contributed by atoms with van der Waals surface area (Å²) >= 11 is 0. The van der Waals surface area contributed by atoms with Crippen LogP contribution >= 0.6 is 0 Å². The van der Waals surface area contributed by atoms with Crippen molar-refractivity contribution in [1.82, 2.24) is 0 Å². The van der Waals surface area contributed by atoms with E-state index in [1.807, 2.05) is 0 Å². The Morgan fingerprint density at radius 1 is 1.56 bits per heavy atom. The number of ether oxygens (including phenoxy) is 1. The summed E-state index contributed by atoms with van der Waals surface area (Å²) in [5.41, 5.74) is -1.05. The zero-order valence-electron chi connectivity index (χ0n) is 9.22. The highest BCUT2D eigenvalue weighted by Gasteiger charge is 2.32. The van der Waals surface area contributed by atoms with Gasteiger partial charge in [-0.05, 0) is 6.92 Å². The zero-order valence-corrected chi connectivity index (χ0v) is 9.22. The van der Waals surface area contributed by atoms with Crippen molar-refractivity contribution in [1.29, 1.82) is 0 Å². The standard InChI is InChI=1S/C12H16O4/c1-9(2)11(14)16-8-7-12(15)6-4-3-5-10(12)13/h3-6,10,13,15H,1,7-8H2,2H3. The van der Waals surface area contributed by atoms with Gasteiger partial charge in [0.15, 0.2) is 0 Å². The van der Waals surface area contributed by atoms with Gasteiger partial charge in [-0.2, -0.15) is 0 Å². The lowest BCUT2D eigenvalue weighted by Crippen LogP contribution is -2.41. The van der Waals surface area contributed by atoms with E-state index in [9.17, 15) is 15.0 Å². The van der Waals surface area contributed by atoms with E-state index >= 15 is 0 Å². The molecular formula is C12H16O4. The van der Waals surface area contributed by atoms with Gasteiger partial charge >= 0.3 is 5.97 Å². The Hall–Kier alpha value is -1.39. The molecule has 0 aromatic rings. The minimum atomic E-state index is -1.36. The summed E-state index contributed by atoms with van der Waals surface area (Å²) in [4.78, 5) is 11.1. The molecular weight excluding hydrogens is 208 g/mol. The highest BCUT2D eigenvalue weighted by Crippen LogP contribution is 2.22. The van der Waals surface area contributed by atoms with E-state index in [0.717, 1.165) is 0 Å². The molecule has 2 N–H and O–H groups in total. The molecule has 0 heterocycles. The first-order chi connectivity index (χ1) is 7.46. The first-order valence-corrected chi connectivity index (χ1v) is 5.05. The summed E-state index contributed by atoms with van der Waals surface area (Å²) < 4.78 is 4.85. The van der Waals surface area contributed by atoms with Crippen molar-refractivity contribution in [3.05, 3.63) is 36.5 Å². The third-order valence-corrected chi connectivity index (χ3v) is 2.39. The third-order valence-electron chi connectivity index (χ3n) is 2.39. The molecule has 2 atom stereocenters. The molecule has 0 amide bonds. The third kappa shape index (κ3) is 3.05. The van der Waals surface area contributed by atoms with Crippen molar-refractivity contribution >= 4 is 5.97 Å². The zero-order chi connectivity index (χ0) is 12.2. The number of carbonyl (C=O) groups excluding carboxylic acids is 1. The van der Waals surface area contributed by atoms with Gasteiger partial charge in [0.25, 0.3) is 0 Å². The van der Waals surface area contributed by atoms with Crippen LogP contribution in [-0.4, -0.2) is 34.5 Å². The molecule has 0 radical (unpaired) electrons. The van der Waals surface area contributed by atoms with Crippen LogP contribution in [0.2, 0.25) is 0 Å². The Morgan fingerprint density at radius 3 is 2.81 bits per heavy atom. The average Bonchev–Trinajstić information content (AvgIpc) is 2.22. The Balaban J connectivity index is 2.43. The molecule has 16 heavy (non-hydrogen) atoms.